The van der Waals surface area contributed by atoms with Crippen LogP contribution in [0.25, 0.3) is 0 Å². The number of aromatic nitrogens is 2. The summed E-state index contributed by atoms with van der Waals surface area (Å²) in [5.74, 6) is 1.17. The Hall–Kier alpha value is -3.26. The zero-order chi connectivity index (χ0) is 26.4. The van der Waals surface area contributed by atoms with Crippen molar-refractivity contribution in [3.05, 3.63) is 95.0 Å². The number of fused-ring (bicyclic) bond motifs is 1. The fourth-order valence-electron chi connectivity index (χ4n) is 6.20. The largest absolute Gasteiger partial charge is 0.418 e. The molecular weight excluding hydrogens is 487 g/mol. The fourth-order valence-corrected chi connectivity index (χ4v) is 6.20. The molecular formula is C30H34F3N5. The average Bonchev–Trinajstić information content (AvgIpc) is 3.44. The van der Waals surface area contributed by atoms with Gasteiger partial charge in [-0.15, -0.1) is 0 Å². The SMILES string of the molecule is C=C1N2C=C(CN3CCCCC3)C=C(C(F)(F)F)C2=CN1c1cccc(C(c2n[nH]cc2C)C2CCC2)c1. The number of aryl methyl sites for hydroxylation is 1. The van der Waals surface area contributed by atoms with Gasteiger partial charge in [-0.25, -0.2) is 0 Å². The minimum Gasteiger partial charge on any atom is -0.301 e. The second-order valence-corrected chi connectivity index (χ2v) is 11.0. The Labute approximate surface area is 222 Å². The first-order valence-electron chi connectivity index (χ1n) is 13.6. The predicted octanol–water partition coefficient (Wildman–Crippen LogP) is 6.96. The normalized spacial score (nSPS) is 21.6. The molecule has 1 saturated carbocycles. The zero-order valence-electron chi connectivity index (χ0n) is 21.8. The van der Waals surface area contributed by atoms with Crippen LogP contribution in [0.15, 0.2) is 78.2 Å². The van der Waals surface area contributed by atoms with Gasteiger partial charge < -0.3 is 9.80 Å². The molecule has 1 atom stereocenters. The van der Waals surface area contributed by atoms with Crippen LogP contribution in [0.5, 0.6) is 0 Å². The van der Waals surface area contributed by atoms with Crippen LogP contribution in [0.1, 0.15) is 61.3 Å². The number of H-pyrrole nitrogens is 1. The second kappa shape index (κ2) is 9.80. The quantitative estimate of drug-likeness (QED) is 0.446. The van der Waals surface area contributed by atoms with E-state index in [1.165, 1.54) is 18.9 Å². The lowest BCUT2D eigenvalue weighted by molar-refractivity contribution is -0.0909. The summed E-state index contributed by atoms with van der Waals surface area (Å²) in [4.78, 5) is 5.64. The van der Waals surface area contributed by atoms with Gasteiger partial charge in [-0.1, -0.05) is 31.6 Å². The van der Waals surface area contributed by atoms with Crippen LogP contribution in [0, 0.1) is 12.8 Å². The molecule has 1 saturated heterocycles. The summed E-state index contributed by atoms with van der Waals surface area (Å²) in [6.45, 7) is 8.65. The number of alkyl halides is 3. The van der Waals surface area contributed by atoms with E-state index in [2.05, 4.69) is 40.7 Å². The van der Waals surface area contributed by atoms with Gasteiger partial charge in [0, 0.05) is 36.7 Å². The molecule has 2 fully saturated rings. The van der Waals surface area contributed by atoms with Crippen molar-refractivity contribution in [2.24, 2.45) is 5.92 Å². The summed E-state index contributed by atoms with van der Waals surface area (Å²) in [5, 5.41) is 7.57. The number of piperidine rings is 1. The predicted molar refractivity (Wildman–Crippen MR) is 143 cm³/mol. The van der Waals surface area contributed by atoms with Crippen molar-refractivity contribution >= 4 is 5.69 Å². The molecule has 8 heteroatoms. The molecule has 4 heterocycles. The zero-order valence-corrected chi connectivity index (χ0v) is 21.8. The number of rotatable bonds is 6. The van der Waals surface area contributed by atoms with Crippen LogP contribution in [-0.2, 0) is 0 Å². The molecule has 4 aliphatic rings. The summed E-state index contributed by atoms with van der Waals surface area (Å²) in [6, 6.07) is 8.12. The number of nitrogens with one attached hydrogen (secondary N) is 1. The van der Waals surface area contributed by atoms with E-state index in [1.807, 2.05) is 24.5 Å². The summed E-state index contributed by atoms with van der Waals surface area (Å²) >= 11 is 0. The molecule has 0 spiro atoms. The number of hydrogen-bond donors (Lipinski definition) is 1. The van der Waals surface area contributed by atoms with Crippen molar-refractivity contribution in [1.29, 1.82) is 0 Å². The molecule has 3 aliphatic heterocycles. The fraction of sp³-hybridized carbons (Fsp3) is 0.433. The summed E-state index contributed by atoms with van der Waals surface area (Å²) < 4.78 is 42.8. The van der Waals surface area contributed by atoms with E-state index in [-0.39, 0.29) is 11.6 Å². The van der Waals surface area contributed by atoms with Crippen molar-refractivity contribution in [3.63, 3.8) is 0 Å². The summed E-state index contributed by atoms with van der Waals surface area (Å²) in [7, 11) is 0. The smallest absolute Gasteiger partial charge is 0.301 e. The Morgan fingerprint density at radius 2 is 1.87 bits per heavy atom. The van der Waals surface area contributed by atoms with E-state index in [1.54, 1.807) is 16.0 Å². The molecule has 2 aromatic rings. The maximum Gasteiger partial charge on any atom is 0.418 e. The minimum absolute atomic E-state index is 0.119. The van der Waals surface area contributed by atoms with Crippen molar-refractivity contribution < 1.29 is 13.2 Å². The lowest BCUT2D eigenvalue weighted by Gasteiger charge is -2.34. The lowest BCUT2D eigenvalue weighted by atomic mass is 9.71. The van der Waals surface area contributed by atoms with E-state index in [0.717, 1.165) is 61.3 Å². The maximum absolute atomic E-state index is 14.3. The highest BCUT2D eigenvalue weighted by Crippen LogP contribution is 2.46. The third kappa shape index (κ3) is 4.59. The number of likely N-dealkylation sites (tertiary alicyclic amines) is 1. The van der Waals surface area contributed by atoms with Crippen LogP contribution in [0.3, 0.4) is 0 Å². The van der Waals surface area contributed by atoms with E-state index in [4.69, 9.17) is 0 Å². The molecule has 0 amide bonds. The molecule has 1 N–H and O–H groups in total. The molecule has 0 radical (unpaired) electrons. The van der Waals surface area contributed by atoms with Crippen LogP contribution < -0.4 is 4.90 Å². The first-order valence-corrected chi connectivity index (χ1v) is 13.6. The maximum atomic E-state index is 14.3. The standard InChI is InChI=1S/C30H34F3N5/c1-20-16-34-35-29(20)28(23-8-6-9-23)24-10-7-11-25(15-24)37-19-27-26(30(31,32)33)14-22(18-38(27)21(37)2)17-36-12-4-3-5-13-36/h7,10-11,14-16,18-19,23,28H,2-6,8-9,12-13,17H2,1H3,(H,34,35). The highest BCUT2D eigenvalue weighted by Gasteiger charge is 2.43. The molecule has 38 heavy (non-hydrogen) atoms. The molecule has 1 aliphatic carbocycles. The van der Waals surface area contributed by atoms with Crippen molar-refractivity contribution in [3.8, 4) is 0 Å². The van der Waals surface area contributed by atoms with Crippen LogP contribution in [0.4, 0.5) is 18.9 Å². The highest BCUT2D eigenvalue weighted by atomic mass is 19.4. The van der Waals surface area contributed by atoms with Gasteiger partial charge in [0.15, 0.2) is 0 Å². The first-order chi connectivity index (χ1) is 18.3. The molecule has 200 valence electrons. The topological polar surface area (TPSA) is 38.4 Å². The van der Waals surface area contributed by atoms with Gasteiger partial charge >= 0.3 is 6.18 Å². The first kappa shape index (κ1) is 25.0. The third-order valence-corrected chi connectivity index (χ3v) is 8.42. The van der Waals surface area contributed by atoms with Crippen molar-refractivity contribution in [1.82, 2.24) is 20.0 Å². The van der Waals surface area contributed by atoms with Gasteiger partial charge in [0.25, 0.3) is 0 Å². The molecule has 1 unspecified atom stereocenters. The number of nitrogens with zero attached hydrogens (tertiary/aromatic N) is 4. The number of aromatic amines is 1. The number of anilines is 1. The molecule has 5 nitrogen and oxygen atoms in total. The van der Waals surface area contributed by atoms with E-state index in [0.29, 0.717) is 23.9 Å². The summed E-state index contributed by atoms with van der Waals surface area (Å²) in [5.41, 5.74) is 4.28. The van der Waals surface area contributed by atoms with E-state index < -0.39 is 11.7 Å². The van der Waals surface area contributed by atoms with Gasteiger partial charge in [0.2, 0.25) is 0 Å². The Morgan fingerprint density at radius 1 is 1.08 bits per heavy atom. The monoisotopic (exact) mass is 521 g/mol. The number of allylic oxidation sites excluding steroid dienone is 1. The van der Waals surface area contributed by atoms with Crippen LogP contribution >= 0.6 is 0 Å². The Morgan fingerprint density at radius 3 is 2.53 bits per heavy atom. The van der Waals surface area contributed by atoms with Crippen molar-refractivity contribution in [2.45, 2.75) is 57.5 Å². The molecule has 1 aromatic heterocycles. The van der Waals surface area contributed by atoms with Gasteiger partial charge in [-0.3, -0.25) is 10.00 Å². The molecule has 6 rings (SSSR count). The van der Waals surface area contributed by atoms with Gasteiger partial charge in [-0.2, -0.15) is 18.3 Å². The van der Waals surface area contributed by atoms with Crippen molar-refractivity contribution in [2.75, 3.05) is 24.5 Å². The average molecular weight is 522 g/mol. The molecule has 1 aromatic carbocycles. The lowest BCUT2D eigenvalue weighted by Crippen LogP contribution is -2.33. The Balaban J connectivity index is 1.33. The number of hydrogen-bond acceptors (Lipinski definition) is 4. The van der Waals surface area contributed by atoms with Crippen LogP contribution in [0.2, 0.25) is 0 Å². The van der Waals surface area contributed by atoms with Gasteiger partial charge in [0.1, 0.15) is 5.82 Å². The molecule has 0 bridgehead atoms. The second-order valence-electron chi connectivity index (χ2n) is 11.0. The third-order valence-electron chi connectivity index (χ3n) is 8.42. The number of benzene rings is 1. The van der Waals surface area contributed by atoms with Gasteiger partial charge in [-0.05, 0) is 86.5 Å². The van der Waals surface area contributed by atoms with Crippen LogP contribution in [-0.4, -0.2) is 45.8 Å². The van der Waals surface area contributed by atoms with Gasteiger partial charge in [0.05, 0.1) is 17.0 Å². The van der Waals surface area contributed by atoms with E-state index >= 15 is 0 Å². The summed E-state index contributed by atoms with van der Waals surface area (Å²) in [6.07, 6.45) is 9.07. The Bertz CT molecular complexity index is 1310. The number of halogens is 3. The highest BCUT2D eigenvalue weighted by molar-refractivity contribution is 5.64. The Kier molecular flexibility index (Phi) is 6.46. The van der Waals surface area contributed by atoms with E-state index in [9.17, 15) is 13.2 Å². The minimum atomic E-state index is -4.46.